The van der Waals surface area contributed by atoms with Crippen molar-refractivity contribution in [2.24, 2.45) is 0 Å². The number of rotatable bonds is 4. The van der Waals surface area contributed by atoms with Crippen molar-refractivity contribution in [3.05, 3.63) is 29.8 Å². The molecule has 1 heterocycles. The molecule has 0 bridgehead atoms. The number of hydrogen-bond donors (Lipinski definition) is 0. The van der Waals surface area contributed by atoms with Crippen LogP contribution in [0.3, 0.4) is 0 Å². The molecule has 1 aliphatic heterocycles. The average molecular weight is 285 g/mol. The molecule has 0 saturated carbocycles. The number of carbonyl (C=O) groups excluding carboxylic acids is 1. The van der Waals surface area contributed by atoms with Gasteiger partial charge in [0.05, 0.1) is 25.0 Å². The van der Waals surface area contributed by atoms with Crippen molar-refractivity contribution >= 4 is 16.0 Å². The smallest absolute Gasteiger partial charge is 0.309 e. The molecule has 6 nitrogen and oxygen atoms in total. The molecule has 2 rings (SSSR count). The Balaban J connectivity index is 2.15. The number of hydroxylamine groups is 1. The fraction of sp³-hybridized carbons (Fsp3) is 0.417. The van der Waals surface area contributed by atoms with E-state index in [1.165, 1.54) is 19.2 Å². The minimum Gasteiger partial charge on any atom is -0.469 e. The number of esters is 1. The number of hydrogen-bond acceptors (Lipinski definition) is 5. The van der Waals surface area contributed by atoms with Gasteiger partial charge in [-0.05, 0) is 24.1 Å². The highest BCUT2D eigenvalue weighted by Crippen LogP contribution is 2.20. The first-order valence-corrected chi connectivity index (χ1v) is 7.29. The lowest BCUT2D eigenvalue weighted by Crippen LogP contribution is -2.26. The minimum atomic E-state index is -3.59. The maximum atomic E-state index is 12.1. The molecule has 1 saturated heterocycles. The highest BCUT2D eigenvalue weighted by molar-refractivity contribution is 7.89. The second kappa shape index (κ2) is 5.68. The van der Waals surface area contributed by atoms with Gasteiger partial charge in [0, 0.05) is 6.54 Å². The lowest BCUT2D eigenvalue weighted by molar-refractivity contribution is -0.139. The summed E-state index contributed by atoms with van der Waals surface area (Å²) in [6, 6.07) is 6.13. The van der Waals surface area contributed by atoms with Crippen molar-refractivity contribution in [2.45, 2.75) is 17.7 Å². The first-order valence-electron chi connectivity index (χ1n) is 5.85. The number of benzene rings is 1. The summed E-state index contributed by atoms with van der Waals surface area (Å²) < 4.78 is 29.8. The van der Waals surface area contributed by atoms with Gasteiger partial charge in [-0.25, -0.2) is 8.42 Å². The molecule has 0 radical (unpaired) electrons. The zero-order chi connectivity index (χ0) is 13.9. The second-order valence-corrected chi connectivity index (χ2v) is 5.94. The summed E-state index contributed by atoms with van der Waals surface area (Å²) >= 11 is 0. The maximum absolute atomic E-state index is 12.1. The van der Waals surface area contributed by atoms with Gasteiger partial charge < -0.3 is 4.74 Å². The highest BCUT2D eigenvalue weighted by Gasteiger charge is 2.28. The first-order chi connectivity index (χ1) is 9.04. The molecular formula is C12H15NO5S. The van der Waals surface area contributed by atoms with Crippen LogP contribution in [0.1, 0.15) is 12.0 Å². The van der Waals surface area contributed by atoms with E-state index < -0.39 is 10.0 Å². The SMILES string of the molecule is COC(=O)Cc1ccc(S(=O)(=O)N2CCCO2)cc1. The summed E-state index contributed by atoms with van der Waals surface area (Å²) in [5, 5.41) is 0. The van der Waals surface area contributed by atoms with Gasteiger partial charge in [0.1, 0.15) is 0 Å². The van der Waals surface area contributed by atoms with Gasteiger partial charge >= 0.3 is 5.97 Å². The van der Waals surface area contributed by atoms with Crippen LogP contribution >= 0.6 is 0 Å². The molecule has 0 spiro atoms. The predicted octanol–water partition coefficient (Wildman–Crippen LogP) is 0.728. The minimum absolute atomic E-state index is 0.122. The van der Waals surface area contributed by atoms with Gasteiger partial charge in [0.2, 0.25) is 0 Å². The summed E-state index contributed by atoms with van der Waals surface area (Å²) in [5.41, 5.74) is 0.702. The third-order valence-electron chi connectivity index (χ3n) is 2.79. The van der Waals surface area contributed by atoms with E-state index in [1.54, 1.807) is 12.1 Å². The van der Waals surface area contributed by atoms with E-state index in [0.29, 0.717) is 25.1 Å². The van der Waals surface area contributed by atoms with Gasteiger partial charge in [-0.1, -0.05) is 16.6 Å². The molecule has 0 aromatic heterocycles. The molecule has 1 aliphatic rings. The standard InChI is InChI=1S/C12H15NO5S/c1-17-12(14)9-10-3-5-11(6-4-10)19(15,16)13-7-2-8-18-13/h3-6H,2,7-9H2,1H3. The quantitative estimate of drug-likeness (QED) is 0.762. The van der Waals surface area contributed by atoms with E-state index in [-0.39, 0.29) is 17.3 Å². The fourth-order valence-corrected chi connectivity index (χ4v) is 3.05. The number of nitrogens with zero attached hydrogens (tertiary/aromatic N) is 1. The zero-order valence-corrected chi connectivity index (χ0v) is 11.4. The summed E-state index contributed by atoms with van der Waals surface area (Å²) in [6.07, 6.45) is 0.816. The summed E-state index contributed by atoms with van der Waals surface area (Å²) in [6.45, 7) is 0.784. The normalized spacial score (nSPS) is 16.5. The monoisotopic (exact) mass is 285 g/mol. The molecule has 1 aromatic rings. The van der Waals surface area contributed by atoms with Crippen molar-refractivity contribution in [3.63, 3.8) is 0 Å². The van der Waals surface area contributed by atoms with Gasteiger partial charge in [0.25, 0.3) is 10.0 Å². The third kappa shape index (κ3) is 3.12. The van der Waals surface area contributed by atoms with Crippen LogP contribution in [0.4, 0.5) is 0 Å². The van der Waals surface area contributed by atoms with Crippen molar-refractivity contribution in [1.82, 2.24) is 4.47 Å². The van der Waals surface area contributed by atoms with Gasteiger partial charge in [-0.2, -0.15) is 0 Å². The number of methoxy groups -OCH3 is 1. The molecule has 0 aliphatic carbocycles. The Bertz CT molecular complexity index is 546. The lowest BCUT2D eigenvalue weighted by Gasteiger charge is -2.14. The van der Waals surface area contributed by atoms with Crippen LogP contribution in [0.2, 0.25) is 0 Å². The van der Waals surface area contributed by atoms with Crippen LogP contribution in [0, 0.1) is 0 Å². The molecule has 0 N–H and O–H groups in total. The average Bonchev–Trinajstić information content (AvgIpc) is 2.94. The maximum Gasteiger partial charge on any atom is 0.309 e. The zero-order valence-electron chi connectivity index (χ0n) is 10.5. The van der Waals surface area contributed by atoms with Gasteiger partial charge in [-0.3, -0.25) is 9.63 Å². The van der Waals surface area contributed by atoms with E-state index in [2.05, 4.69) is 4.74 Å². The fourth-order valence-electron chi connectivity index (χ4n) is 1.75. The van der Waals surface area contributed by atoms with Crippen molar-refractivity contribution in [3.8, 4) is 0 Å². The van der Waals surface area contributed by atoms with Crippen molar-refractivity contribution in [2.75, 3.05) is 20.3 Å². The van der Waals surface area contributed by atoms with Crippen LogP contribution in [0.15, 0.2) is 29.2 Å². The summed E-state index contributed by atoms with van der Waals surface area (Å²) in [4.78, 5) is 16.3. The molecule has 0 amide bonds. The van der Waals surface area contributed by atoms with Crippen LogP contribution < -0.4 is 0 Å². The van der Waals surface area contributed by atoms with E-state index in [0.717, 1.165) is 4.47 Å². The van der Waals surface area contributed by atoms with E-state index in [4.69, 9.17) is 4.84 Å². The van der Waals surface area contributed by atoms with E-state index in [9.17, 15) is 13.2 Å². The van der Waals surface area contributed by atoms with Gasteiger partial charge in [0.15, 0.2) is 0 Å². The highest BCUT2D eigenvalue weighted by atomic mass is 32.2. The number of carbonyl (C=O) groups is 1. The van der Waals surface area contributed by atoms with Crippen LogP contribution in [0.25, 0.3) is 0 Å². The number of sulfonamides is 1. The van der Waals surface area contributed by atoms with Gasteiger partial charge in [-0.15, -0.1) is 0 Å². The summed E-state index contributed by atoms with van der Waals surface area (Å²) in [7, 11) is -2.28. The topological polar surface area (TPSA) is 72.9 Å². The van der Waals surface area contributed by atoms with E-state index >= 15 is 0 Å². The Hall–Kier alpha value is -1.44. The molecule has 1 aromatic carbocycles. The van der Waals surface area contributed by atoms with Crippen LogP contribution in [-0.4, -0.2) is 39.1 Å². The molecule has 7 heteroatoms. The summed E-state index contributed by atoms with van der Waals surface area (Å²) in [5.74, 6) is -0.363. The number of ether oxygens (including phenoxy) is 1. The van der Waals surface area contributed by atoms with Crippen LogP contribution in [0.5, 0.6) is 0 Å². The largest absolute Gasteiger partial charge is 0.469 e. The predicted molar refractivity (Wildman–Crippen MR) is 66.6 cm³/mol. The van der Waals surface area contributed by atoms with Crippen molar-refractivity contribution < 1.29 is 22.8 Å². The Morgan fingerprint density at radius 2 is 2.05 bits per heavy atom. The van der Waals surface area contributed by atoms with E-state index in [1.807, 2.05) is 0 Å². The van der Waals surface area contributed by atoms with Crippen molar-refractivity contribution in [1.29, 1.82) is 0 Å². The molecule has 0 unspecified atom stereocenters. The Kier molecular flexibility index (Phi) is 4.18. The molecular weight excluding hydrogens is 270 g/mol. The second-order valence-electron chi connectivity index (χ2n) is 4.12. The Morgan fingerprint density at radius 3 is 2.58 bits per heavy atom. The molecule has 104 valence electrons. The third-order valence-corrected chi connectivity index (χ3v) is 4.48. The molecule has 1 fully saturated rings. The first kappa shape index (κ1) is 14.0. The molecule has 0 atom stereocenters. The lowest BCUT2D eigenvalue weighted by atomic mass is 10.2. The molecule has 19 heavy (non-hydrogen) atoms. The van der Waals surface area contributed by atoms with Crippen LogP contribution in [-0.2, 0) is 30.8 Å². The Labute approximate surface area is 111 Å². The Morgan fingerprint density at radius 1 is 1.37 bits per heavy atom.